The standard InChI is InChI=1S/C24H20ClF4N3O2/c1-31-15-32(12-11-21(31)24(27,28)29)22-18(26)13-17(25)23(30-22)34-20-10-6-5-9-19(20)33-14-16-7-3-2-4-8-16/h2-11,13H,12,14-15H2,1H3. The number of alkyl halides is 3. The van der Waals surface area contributed by atoms with Crippen molar-refractivity contribution < 1.29 is 27.0 Å². The lowest BCUT2D eigenvalue weighted by Crippen LogP contribution is -2.44. The van der Waals surface area contributed by atoms with Crippen LogP contribution in [0.4, 0.5) is 23.4 Å². The lowest BCUT2D eigenvalue weighted by Gasteiger charge is -2.36. The number of hydrogen-bond donors (Lipinski definition) is 0. The molecule has 10 heteroatoms. The summed E-state index contributed by atoms with van der Waals surface area (Å²) in [7, 11) is 1.27. The number of allylic oxidation sites excluding steroid dienone is 1. The molecule has 1 aliphatic heterocycles. The maximum atomic E-state index is 14.7. The molecule has 0 saturated heterocycles. The molecule has 3 aromatic rings. The van der Waals surface area contributed by atoms with Crippen molar-refractivity contribution in [3.8, 4) is 17.4 Å². The number of ether oxygens (including phenoxy) is 2. The van der Waals surface area contributed by atoms with E-state index in [4.69, 9.17) is 21.1 Å². The van der Waals surface area contributed by atoms with Crippen LogP contribution in [0.25, 0.3) is 0 Å². The van der Waals surface area contributed by atoms with Crippen molar-refractivity contribution in [2.45, 2.75) is 12.8 Å². The van der Waals surface area contributed by atoms with E-state index in [1.54, 1.807) is 24.3 Å². The lowest BCUT2D eigenvalue weighted by atomic mass is 10.2. The van der Waals surface area contributed by atoms with Crippen LogP contribution >= 0.6 is 11.6 Å². The maximum Gasteiger partial charge on any atom is 0.430 e. The quantitative estimate of drug-likeness (QED) is 0.371. The molecular weight excluding hydrogens is 474 g/mol. The number of rotatable bonds is 6. The molecule has 2 heterocycles. The topological polar surface area (TPSA) is 37.8 Å². The van der Waals surface area contributed by atoms with E-state index in [9.17, 15) is 17.6 Å². The third-order valence-electron chi connectivity index (χ3n) is 5.06. The fourth-order valence-electron chi connectivity index (χ4n) is 3.46. The van der Waals surface area contributed by atoms with E-state index < -0.39 is 17.7 Å². The van der Waals surface area contributed by atoms with Crippen LogP contribution in [-0.2, 0) is 6.61 Å². The van der Waals surface area contributed by atoms with E-state index in [-0.39, 0.29) is 29.9 Å². The predicted molar refractivity (Wildman–Crippen MR) is 121 cm³/mol. The summed E-state index contributed by atoms with van der Waals surface area (Å²) >= 11 is 6.17. The van der Waals surface area contributed by atoms with Gasteiger partial charge in [-0.25, -0.2) is 4.39 Å². The van der Waals surface area contributed by atoms with Crippen molar-refractivity contribution in [1.29, 1.82) is 0 Å². The zero-order valence-corrected chi connectivity index (χ0v) is 18.8. The normalized spacial score (nSPS) is 14.1. The average molecular weight is 494 g/mol. The van der Waals surface area contributed by atoms with Crippen LogP contribution in [0.3, 0.4) is 0 Å². The molecule has 1 aromatic heterocycles. The number of aromatic nitrogens is 1. The fourth-order valence-corrected chi connectivity index (χ4v) is 3.63. The Hall–Kier alpha value is -3.46. The van der Waals surface area contributed by atoms with Crippen LogP contribution in [0, 0.1) is 5.82 Å². The van der Waals surface area contributed by atoms with Gasteiger partial charge >= 0.3 is 6.18 Å². The summed E-state index contributed by atoms with van der Waals surface area (Å²) in [6.45, 7) is -0.0981. The highest BCUT2D eigenvalue weighted by Gasteiger charge is 2.39. The van der Waals surface area contributed by atoms with Crippen molar-refractivity contribution in [2.24, 2.45) is 0 Å². The Bertz CT molecular complexity index is 1190. The van der Waals surface area contributed by atoms with Crippen molar-refractivity contribution in [1.82, 2.24) is 9.88 Å². The molecule has 0 atom stereocenters. The number of nitrogens with zero attached hydrogens (tertiary/aromatic N) is 3. The predicted octanol–water partition coefficient (Wildman–Crippen LogP) is 6.40. The summed E-state index contributed by atoms with van der Waals surface area (Å²) in [6.07, 6.45) is -3.52. The number of anilines is 1. The molecule has 1 aliphatic rings. The molecule has 4 rings (SSSR count). The van der Waals surface area contributed by atoms with Crippen molar-refractivity contribution in [3.63, 3.8) is 0 Å². The monoisotopic (exact) mass is 493 g/mol. The molecule has 0 N–H and O–H groups in total. The number of pyridine rings is 1. The molecule has 0 amide bonds. The van der Waals surface area contributed by atoms with Gasteiger partial charge in [-0.2, -0.15) is 18.2 Å². The Balaban J connectivity index is 1.57. The Labute approximate surface area is 198 Å². The van der Waals surface area contributed by atoms with Gasteiger partial charge in [0.25, 0.3) is 0 Å². The Morgan fingerprint density at radius 2 is 1.71 bits per heavy atom. The minimum Gasteiger partial charge on any atom is -0.485 e. The first-order chi connectivity index (χ1) is 16.2. The fraction of sp³-hybridized carbons (Fsp3) is 0.208. The number of benzene rings is 2. The van der Waals surface area contributed by atoms with Crippen LogP contribution < -0.4 is 14.4 Å². The van der Waals surface area contributed by atoms with E-state index in [0.717, 1.165) is 22.6 Å². The highest BCUT2D eigenvalue weighted by molar-refractivity contribution is 6.31. The van der Waals surface area contributed by atoms with Gasteiger partial charge in [-0.15, -0.1) is 0 Å². The van der Waals surface area contributed by atoms with Gasteiger partial charge in [-0.05, 0) is 23.8 Å². The summed E-state index contributed by atoms with van der Waals surface area (Å²) in [4.78, 5) is 6.51. The lowest BCUT2D eigenvalue weighted by molar-refractivity contribution is -0.110. The minimum absolute atomic E-state index is 0.0870. The van der Waals surface area contributed by atoms with Gasteiger partial charge in [0.2, 0.25) is 5.88 Å². The summed E-state index contributed by atoms with van der Waals surface area (Å²) < 4.78 is 65.7. The van der Waals surface area contributed by atoms with E-state index in [0.29, 0.717) is 18.1 Å². The third kappa shape index (κ3) is 5.36. The zero-order valence-electron chi connectivity index (χ0n) is 18.0. The van der Waals surface area contributed by atoms with Crippen molar-refractivity contribution in [3.05, 3.63) is 88.8 Å². The van der Waals surface area contributed by atoms with Crippen LogP contribution in [0.2, 0.25) is 5.02 Å². The second-order valence-electron chi connectivity index (χ2n) is 7.55. The van der Waals surface area contributed by atoms with E-state index in [1.807, 2.05) is 30.3 Å². The molecule has 0 radical (unpaired) electrons. The second kappa shape index (κ2) is 9.80. The first-order valence-electron chi connectivity index (χ1n) is 10.3. The SMILES string of the molecule is CN1CN(c2nc(Oc3ccccc3OCc3ccccc3)c(Cl)cc2F)CC=C1C(F)(F)F. The van der Waals surface area contributed by atoms with Gasteiger partial charge in [0, 0.05) is 19.7 Å². The van der Waals surface area contributed by atoms with Gasteiger partial charge in [0.1, 0.15) is 17.3 Å². The molecule has 0 unspecified atom stereocenters. The van der Waals surface area contributed by atoms with Crippen LogP contribution in [0.15, 0.2) is 72.4 Å². The summed E-state index contributed by atoms with van der Waals surface area (Å²) in [5, 5.41) is -0.0870. The Kier molecular flexibility index (Phi) is 6.83. The molecule has 5 nitrogen and oxygen atoms in total. The van der Waals surface area contributed by atoms with Crippen molar-refractivity contribution in [2.75, 3.05) is 25.2 Å². The second-order valence-corrected chi connectivity index (χ2v) is 7.96. The molecule has 0 saturated carbocycles. The molecule has 2 aromatic carbocycles. The Morgan fingerprint density at radius 3 is 2.38 bits per heavy atom. The number of halogens is 5. The first kappa shape index (κ1) is 23.7. The van der Waals surface area contributed by atoms with Crippen LogP contribution in [0.1, 0.15) is 5.56 Å². The first-order valence-corrected chi connectivity index (χ1v) is 10.6. The number of hydrogen-bond acceptors (Lipinski definition) is 5. The highest BCUT2D eigenvalue weighted by Crippen LogP contribution is 2.37. The Morgan fingerprint density at radius 1 is 1.03 bits per heavy atom. The van der Waals surface area contributed by atoms with Crippen LogP contribution in [0.5, 0.6) is 17.4 Å². The minimum atomic E-state index is -4.50. The van der Waals surface area contributed by atoms with Crippen LogP contribution in [-0.4, -0.2) is 36.3 Å². The van der Waals surface area contributed by atoms with Gasteiger partial charge in [-0.1, -0.05) is 54.1 Å². The smallest absolute Gasteiger partial charge is 0.430 e. The molecule has 0 spiro atoms. The maximum absolute atomic E-state index is 14.7. The summed E-state index contributed by atoms with van der Waals surface area (Å²) in [6, 6.07) is 17.4. The van der Waals surface area contributed by atoms with E-state index in [2.05, 4.69) is 4.98 Å². The molecule has 0 aliphatic carbocycles. The third-order valence-corrected chi connectivity index (χ3v) is 5.33. The molecule has 178 valence electrons. The molecule has 0 fully saturated rings. The van der Waals surface area contributed by atoms with E-state index in [1.165, 1.54) is 11.9 Å². The summed E-state index contributed by atoms with van der Waals surface area (Å²) in [5.74, 6) is -0.317. The molecule has 34 heavy (non-hydrogen) atoms. The van der Waals surface area contributed by atoms with E-state index >= 15 is 0 Å². The highest BCUT2D eigenvalue weighted by atomic mass is 35.5. The van der Waals surface area contributed by atoms with Gasteiger partial charge in [0.05, 0.1) is 6.67 Å². The summed E-state index contributed by atoms with van der Waals surface area (Å²) in [5.41, 5.74) is 0.164. The average Bonchev–Trinajstić information content (AvgIpc) is 2.80. The zero-order chi connectivity index (χ0) is 24.3. The van der Waals surface area contributed by atoms with Gasteiger partial charge in [-0.3, -0.25) is 0 Å². The molecular formula is C24H20ClF4N3O2. The van der Waals surface area contributed by atoms with Crippen molar-refractivity contribution >= 4 is 17.4 Å². The van der Waals surface area contributed by atoms with Gasteiger partial charge < -0.3 is 19.3 Å². The number of para-hydroxylation sites is 2. The molecule has 0 bridgehead atoms. The van der Waals surface area contributed by atoms with Gasteiger partial charge in [0.15, 0.2) is 23.1 Å². The largest absolute Gasteiger partial charge is 0.485 e.